The first-order valence-corrected chi connectivity index (χ1v) is 5.32. The van der Waals surface area contributed by atoms with Gasteiger partial charge in [-0.2, -0.15) is 0 Å². The smallest absolute Gasteiger partial charge is 0.149 e. The fourth-order valence-corrected chi connectivity index (χ4v) is 1.65. The molecule has 0 aliphatic rings. The van der Waals surface area contributed by atoms with Crippen molar-refractivity contribution in [3.63, 3.8) is 0 Å². The van der Waals surface area contributed by atoms with Crippen LogP contribution in [0, 0.1) is 0 Å². The zero-order valence-electron chi connectivity index (χ0n) is 8.97. The standard InChI is InChI=1S/C13H15NO2/c14-13(8-9-15)16-12-7-3-5-10-4-1-2-6-11(10)12/h1-7,13,15H,8-9,14H2. The minimum atomic E-state index is -0.462. The Hall–Kier alpha value is -1.58. The number of rotatable bonds is 4. The summed E-state index contributed by atoms with van der Waals surface area (Å²) in [5, 5.41) is 10.9. The minimum Gasteiger partial charge on any atom is -0.475 e. The average molecular weight is 217 g/mol. The molecule has 2 aromatic rings. The van der Waals surface area contributed by atoms with E-state index < -0.39 is 6.23 Å². The molecule has 3 heteroatoms. The zero-order valence-corrected chi connectivity index (χ0v) is 8.97. The first-order valence-electron chi connectivity index (χ1n) is 5.32. The van der Waals surface area contributed by atoms with Gasteiger partial charge in [0.2, 0.25) is 0 Å². The van der Waals surface area contributed by atoms with Crippen LogP contribution in [-0.4, -0.2) is 17.9 Å². The second-order valence-electron chi connectivity index (χ2n) is 3.65. The SMILES string of the molecule is NC(CCO)Oc1cccc2ccccc12. The molecule has 0 spiro atoms. The fraction of sp³-hybridized carbons (Fsp3) is 0.231. The molecule has 0 heterocycles. The normalized spacial score (nSPS) is 12.6. The van der Waals surface area contributed by atoms with Gasteiger partial charge in [0.05, 0.1) is 0 Å². The van der Waals surface area contributed by atoms with Crippen molar-refractivity contribution in [2.75, 3.05) is 6.61 Å². The minimum absolute atomic E-state index is 0.0337. The summed E-state index contributed by atoms with van der Waals surface area (Å²) in [6.45, 7) is 0.0337. The van der Waals surface area contributed by atoms with E-state index in [1.165, 1.54) is 0 Å². The van der Waals surface area contributed by atoms with Crippen molar-refractivity contribution in [1.82, 2.24) is 0 Å². The first kappa shape index (κ1) is 10.9. The van der Waals surface area contributed by atoms with Gasteiger partial charge in [-0.1, -0.05) is 36.4 Å². The average Bonchev–Trinajstić information content (AvgIpc) is 2.30. The molecule has 2 aromatic carbocycles. The van der Waals surface area contributed by atoms with Gasteiger partial charge in [-0.25, -0.2) is 0 Å². The van der Waals surface area contributed by atoms with E-state index in [1.807, 2.05) is 42.5 Å². The van der Waals surface area contributed by atoms with Gasteiger partial charge in [0.15, 0.2) is 0 Å². The number of hydrogen-bond acceptors (Lipinski definition) is 3. The lowest BCUT2D eigenvalue weighted by molar-refractivity contribution is 0.161. The lowest BCUT2D eigenvalue weighted by Crippen LogP contribution is -2.28. The van der Waals surface area contributed by atoms with Crippen LogP contribution in [0.5, 0.6) is 5.75 Å². The number of fused-ring (bicyclic) bond motifs is 1. The molecule has 1 atom stereocenters. The van der Waals surface area contributed by atoms with E-state index in [1.54, 1.807) is 0 Å². The van der Waals surface area contributed by atoms with Crippen molar-refractivity contribution in [3.8, 4) is 5.75 Å². The Bertz CT molecular complexity index is 465. The number of aliphatic hydroxyl groups is 1. The van der Waals surface area contributed by atoms with Gasteiger partial charge in [0.1, 0.15) is 12.0 Å². The van der Waals surface area contributed by atoms with Crippen LogP contribution in [0.15, 0.2) is 42.5 Å². The maximum Gasteiger partial charge on any atom is 0.149 e. The van der Waals surface area contributed by atoms with E-state index in [-0.39, 0.29) is 6.61 Å². The molecule has 0 bridgehead atoms. The summed E-state index contributed by atoms with van der Waals surface area (Å²) in [4.78, 5) is 0. The molecular formula is C13H15NO2. The summed E-state index contributed by atoms with van der Waals surface area (Å²) in [6.07, 6.45) is -0.0285. The van der Waals surface area contributed by atoms with Gasteiger partial charge in [0, 0.05) is 18.4 Å². The maximum atomic E-state index is 8.77. The molecule has 0 saturated carbocycles. The van der Waals surface area contributed by atoms with Crippen molar-refractivity contribution in [1.29, 1.82) is 0 Å². The van der Waals surface area contributed by atoms with Gasteiger partial charge in [-0.05, 0) is 11.5 Å². The molecule has 0 saturated heterocycles. The van der Waals surface area contributed by atoms with Crippen LogP contribution in [0.4, 0.5) is 0 Å². The molecular weight excluding hydrogens is 202 g/mol. The number of benzene rings is 2. The lowest BCUT2D eigenvalue weighted by Gasteiger charge is -2.14. The summed E-state index contributed by atoms with van der Waals surface area (Å²) in [6, 6.07) is 13.8. The van der Waals surface area contributed by atoms with Crippen LogP contribution in [0.1, 0.15) is 6.42 Å². The summed E-state index contributed by atoms with van der Waals surface area (Å²) >= 11 is 0. The van der Waals surface area contributed by atoms with Crippen LogP contribution in [-0.2, 0) is 0 Å². The fourth-order valence-electron chi connectivity index (χ4n) is 1.65. The first-order chi connectivity index (χ1) is 7.81. The van der Waals surface area contributed by atoms with Crippen molar-refractivity contribution in [2.24, 2.45) is 5.73 Å². The van der Waals surface area contributed by atoms with Crippen molar-refractivity contribution in [3.05, 3.63) is 42.5 Å². The molecule has 0 aliphatic heterocycles. The molecule has 16 heavy (non-hydrogen) atoms. The highest BCUT2D eigenvalue weighted by molar-refractivity contribution is 5.88. The largest absolute Gasteiger partial charge is 0.475 e. The Kier molecular flexibility index (Phi) is 3.39. The molecule has 0 radical (unpaired) electrons. The highest BCUT2D eigenvalue weighted by Crippen LogP contribution is 2.25. The number of nitrogens with two attached hydrogens (primary N) is 1. The molecule has 3 N–H and O–H groups in total. The molecule has 2 rings (SSSR count). The third-order valence-corrected chi connectivity index (χ3v) is 2.44. The number of hydrogen-bond donors (Lipinski definition) is 2. The third kappa shape index (κ3) is 2.32. The molecule has 0 fully saturated rings. The van der Waals surface area contributed by atoms with Crippen LogP contribution >= 0.6 is 0 Å². The summed E-state index contributed by atoms with van der Waals surface area (Å²) in [7, 11) is 0. The van der Waals surface area contributed by atoms with Crippen molar-refractivity contribution >= 4 is 10.8 Å². The van der Waals surface area contributed by atoms with Crippen LogP contribution in [0.25, 0.3) is 10.8 Å². The molecule has 3 nitrogen and oxygen atoms in total. The Balaban J connectivity index is 2.30. The Morgan fingerprint density at radius 1 is 1.12 bits per heavy atom. The maximum absolute atomic E-state index is 8.77. The third-order valence-electron chi connectivity index (χ3n) is 2.44. The highest BCUT2D eigenvalue weighted by atomic mass is 16.5. The van der Waals surface area contributed by atoms with Crippen LogP contribution in [0.2, 0.25) is 0 Å². The predicted molar refractivity (Wildman–Crippen MR) is 64.3 cm³/mol. The number of ether oxygens (including phenoxy) is 1. The Morgan fingerprint density at radius 2 is 1.88 bits per heavy atom. The summed E-state index contributed by atoms with van der Waals surface area (Å²) < 4.78 is 5.59. The molecule has 1 unspecified atom stereocenters. The molecule has 0 aromatic heterocycles. The van der Waals surface area contributed by atoms with E-state index in [9.17, 15) is 0 Å². The van der Waals surface area contributed by atoms with Gasteiger partial charge in [0.25, 0.3) is 0 Å². The van der Waals surface area contributed by atoms with Crippen LogP contribution < -0.4 is 10.5 Å². The Morgan fingerprint density at radius 3 is 2.69 bits per heavy atom. The van der Waals surface area contributed by atoms with E-state index in [0.717, 1.165) is 16.5 Å². The Labute approximate surface area is 94.5 Å². The van der Waals surface area contributed by atoms with E-state index in [2.05, 4.69) is 0 Å². The highest BCUT2D eigenvalue weighted by Gasteiger charge is 2.06. The predicted octanol–water partition coefficient (Wildman–Crippen LogP) is 1.89. The monoisotopic (exact) mass is 217 g/mol. The van der Waals surface area contributed by atoms with E-state index in [0.29, 0.717) is 6.42 Å². The van der Waals surface area contributed by atoms with Gasteiger partial charge in [-0.15, -0.1) is 0 Å². The molecule has 0 amide bonds. The zero-order chi connectivity index (χ0) is 11.4. The van der Waals surface area contributed by atoms with Crippen LogP contribution in [0.3, 0.4) is 0 Å². The van der Waals surface area contributed by atoms with E-state index in [4.69, 9.17) is 15.6 Å². The van der Waals surface area contributed by atoms with Crippen molar-refractivity contribution in [2.45, 2.75) is 12.6 Å². The van der Waals surface area contributed by atoms with Crippen molar-refractivity contribution < 1.29 is 9.84 Å². The molecule has 0 aliphatic carbocycles. The lowest BCUT2D eigenvalue weighted by atomic mass is 10.1. The number of aliphatic hydroxyl groups excluding tert-OH is 1. The second kappa shape index (κ2) is 4.96. The van der Waals surface area contributed by atoms with Gasteiger partial charge >= 0.3 is 0 Å². The topological polar surface area (TPSA) is 55.5 Å². The molecule has 84 valence electrons. The van der Waals surface area contributed by atoms with Gasteiger partial charge in [-0.3, -0.25) is 5.73 Å². The van der Waals surface area contributed by atoms with E-state index >= 15 is 0 Å². The summed E-state index contributed by atoms with van der Waals surface area (Å²) in [5.41, 5.74) is 5.73. The quantitative estimate of drug-likeness (QED) is 0.769. The van der Waals surface area contributed by atoms with Gasteiger partial charge < -0.3 is 9.84 Å². The summed E-state index contributed by atoms with van der Waals surface area (Å²) in [5.74, 6) is 0.763. The second-order valence-corrected chi connectivity index (χ2v) is 3.65.